The van der Waals surface area contributed by atoms with Crippen LogP contribution < -0.4 is 15.4 Å². The van der Waals surface area contributed by atoms with E-state index in [1.54, 1.807) is 16.4 Å². The van der Waals surface area contributed by atoms with Gasteiger partial charge in [-0.3, -0.25) is 4.79 Å². The lowest BCUT2D eigenvalue weighted by molar-refractivity contribution is -0.113. The molecule has 2 heterocycles. The molecule has 0 aliphatic carbocycles. The van der Waals surface area contributed by atoms with Crippen molar-refractivity contribution in [2.24, 2.45) is 0 Å². The summed E-state index contributed by atoms with van der Waals surface area (Å²) in [7, 11) is 0. The number of aromatic nitrogens is 3. The van der Waals surface area contributed by atoms with Gasteiger partial charge in [-0.15, -0.1) is 5.10 Å². The van der Waals surface area contributed by atoms with E-state index in [0.29, 0.717) is 23.3 Å². The number of hydrogen-bond donors (Lipinski definition) is 2. The number of thioether (sulfide) groups is 1. The van der Waals surface area contributed by atoms with Gasteiger partial charge in [0.15, 0.2) is 0 Å². The number of rotatable bonds is 9. The summed E-state index contributed by atoms with van der Waals surface area (Å²) in [6, 6.07) is 13.1. The smallest absolute Gasteiger partial charge is 0.255 e. The Bertz CT molecular complexity index is 1260. The fourth-order valence-corrected chi connectivity index (χ4v) is 5.03. The average Bonchev–Trinajstić information content (AvgIpc) is 3.23. The number of benzene rings is 2. The zero-order valence-electron chi connectivity index (χ0n) is 20.4. The molecule has 0 fully saturated rings. The summed E-state index contributed by atoms with van der Waals surface area (Å²) in [6.07, 6.45) is 1.90. The molecular formula is C26H30BrN5O2S. The van der Waals surface area contributed by atoms with Crippen LogP contribution in [0.3, 0.4) is 0 Å². The van der Waals surface area contributed by atoms with Crippen LogP contribution in [0.25, 0.3) is 0 Å². The Morgan fingerprint density at radius 2 is 2.03 bits per heavy atom. The number of halogens is 1. The molecule has 3 aromatic rings. The summed E-state index contributed by atoms with van der Waals surface area (Å²) in [5.41, 5.74) is 3.96. The van der Waals surface area contributed by atoms with Crippen molar-refractivity contribution in [1.29, 1.82) is 0 Å². The third-order valence-corrected chi connectivity index (χ3v) is 7.05. The van der Waals surface area contributed by atoms with Crippen molar-refractivity contribution in [3.05, 3.63) is 69.3 Å². The van der Waals surface area contributed by atoms with Crippen molar-refractivity contribution in [1.82, 2.24) is 14.8 Å². The molecular weight excluding hydrogens is 526 g/mol. The lowest BCUT2D eigenvalue weighted by Gasteiger charge is -2.30. The van der Waals surface area contributed by atoms with Gasteiger partial charge in [0.2, 0.25) is 11.1 Å². The quantitative estimate of drug-likeness (QED) is 0.290. The molecule has 0 saturated carbocycles. The molecule has 1 aliphatic rings. The van der Waals surface area contributed by atoms with Crippen LogP contribution >= 0.6 is 27.7 Å². The van der Waals surface area contributed by atoms with E-state index in [2.05, 4.69) is 40.4 Å². The molecule has 7 nitrogen and oxygen atoms in total. The van der Waals surface area contributed by atoms with Gasteiger partial charge in [0.1, 0.15) is 11.8 Å². The van der Waals surface area contributed by atoms with Gasteiger partial charge in [-0.1, -0.05) is 53.7 Å². The van der Waals surface area contributed by atoms with E-state index < -0.39 is 6.04 Å². The average molecular weight is 557 g/mol. The Labute approximate surface area is 218 Å². The Balaban J connectivity index is 1.82. The van der Waals surface area contributed by atoms with Crippen LogP contribution in [0.5, 0.6) is 5.75 Å². The summed E-state index contributed by atoms with van der Waals surface area (Å²) < 4.78 is 8.82. The van der Waals surface area contributed by atoms with Crippen LogP contribution in [-0.2, 0) is 4.79 Å². The van der Waals surface area contributed by atoms with Crippen molar-refractivity contribution in [2.45, 2.75) is 51.7 Å². The van der Waals surface area contributed by atoms with Gasteiger partial charge >= 0.3 is 0 Å². The summed E-state index contributed by atoms with van der Waals surface area (Å²) >= 11 is 5.21. The van der Waals surface area contributed by atoms with E-state index in [-0.39, 0.29) is 5.91 Å². The van der Waals surface area contributed by atoms with E-state index in [4.69, 9.17) is 14.8 Å². The van der Waals surface area contributed by atoms with Crippen molar-refractivity contribution < 1.29 is 9.53 Å². The number of amides is 1. The second-order valence-corrected chi connectivity index (χ2v) is 10.4. The molecule has 0 saturated heterocycles. The fourth-order valence-electron chi connectivity index (χ4n) is 3.97. The maximum absolute atomic E-state index is 13.7. The largest absolute Gasteiger partial charge is 0.493 e. The number of fused-ring (bicyclic) bond motifs is 1. The summed E-state index contributed by atoms with van der Waals surface area (Å²) in [4.78, 5) is 18.4. The Morgan fingerprint density at radius 3 is 2.77 bits per heavy atom. The number of nitrogens with zero attached hydrogens (tertiary/aromatic N) is 3. The number of hydrogen-bond acceptors (Lipinski definition) is 6. The van der Waals surface area contributed by atoms with Crippen LogP contribution in [0.4, 0.5) is 11.6 Å². The highest BCUT2D eigenvalue weighted by atomic mass is 79.9. The highest BCUT2D eigenvalue weighted by Gasteiger charge is 2.36. The number of nitrogens with one attached hydrogen (secondary N) is 2. The lowest BCUT2D eigenvalue weighted by Crippen LogP contribution is -2.31. The molecule has 35 heavy (non-hydrogen) atoms. The predicted octanol–water partition coefficient (Wildman–Crippen LogP) is 6.57. The second kappa shape index (κ2) is 11.3. The molecule has 0 radical (unpaired) electrons. The van der Waals surface area contributed by atoms with Gasteiger partial charge in [0.25, 0.3) is 5.91 Å². The summed E-state index contributed by atoms with van der Waals surface area (Å²) in [5, 5.41) is 11.9. The van der Waals surface area contributed by atoms with Crippen molar-refractivity contribution in [2.75, 3.05) is 23.0 Å². The molecule has 2 aromatic carbocycles. The number of aryl methyl sites for hydroxylation is 1. The minimum Gasteiger partial charge on any atom is -0.493 e. The van der Waals surface area contributed by atoms with Gasteiger partial charge < -0.3 is 15.4 Å². The molecule has 0 bridgehead atoms. The highest BCUT2D eigenvalue weighted by molar-refractivity contribution is 9.10. The van der Waals surface area contributed by atoms with E-state index in [1.807, 2.05) is 56.3 Å². The van der Waals surface area contributed by atoms with Gasteiger partial charge in [0.05, 0.1) is 12.2 Å². The Kier molecular flexibility index (Phi) is 8.18. The zero-order chi connectivity index (χ0) is 24.9. The standard InChI is InChI=1S/C26H30BrN5O2S/c1-5-12-34-21-11-10-18(27)15-20(21)23-22(24(33)29-19-9-7-8-16(3)14-19)17(4)28-25-30-26(31-32(23)25)35-13-6-2/h7-11,14-15,23H,5-6,12-13H2,1-4H3,(H,29,33)(H,28,30,31). The maximum atomic E-state index is 13.7. The molecule has 1 unspecified atom stereocenters. The first-order chi connectivity index (χ1) is 16.9. The van der Waals surface area contributed by atoms with Crippen LogP contribution in [0.15, 0.2) is 63.4 Å². The SMILES string of the molecule is CCCOc1ccc(Br)cc1C1C(C(=O)Nc2cccc(C)c2)=C(C)Nc2nc(SCCC)nn21. The predicted molar refractivity (Wildman–Crippen MR) is 145 cm³/mol. The molecule has 1 aliphatic heterocycles. The molecule has 1 atom stereocenters. The van der Waals surface area contributed by atoms with Crippen LogP contribution in [-0.4, -0.2) is 33.0 Å². The number of carbonyl (C=O) groups excluding carboxylic acids is 1. The number of anilines is 2. The third-order valence-electron chi connectivity index (χ3n) is 5.52. The van der Waals surface area contributed by atoms with Crippen LogP contribution in [0, 0.1) is 6.92 Å². The first-order valence-electron chi connectivity index (χ1n) is 11.8. The van der Waals surface area contributed by atoms with Crippen LogP contribution in [0.1, 0.15) is 50.8 Å². The summed E-state index contributed by atoms with van der Waals surface area (Å²) in [5.74, 6) is 2.05. The van der Waals surface area contributed by atoms with Crippen molar-refractivity contribution >= 4 is 45.2 Å². The first-order valence-corrected chi connectivity index (χ1v) is 13.6. The normalized spacial score (nSPS) is 14.9. The molecule has 184 valence electrons. The summed E-state index contributed by atoms with van der Waals surface area (Å²) in [6.45, 7) is 8.68. The van der Waals surface area contributed by atoms with Gasteiger partial charge in [-0.2, -0.15) is 4.98 Å². The number of allylic oxidation sites excluding steroid dienone is 1. The lowest BCUT2D eigenvalue weighted by atomic mass is 9.94. The number of ether oxygens (including phenoxy) is 1. The molecule has 9 heteroatoms. The highest BCUT2D eigenvalue weighted by Crippen LogP contribution is 2.41. The number of carbonyl (C=O) groups is 1. The molecule has 1 aromatic heterocycles. The van der Waals surface area contributed by atoms with E-state index >= 15 is 0 Å². The third kappa shape index (κ3) is 5.73. The minimum absolute atomic E-state index is 0.198. The van der Waals surface area contributed by atoms with Crippen LogP contribution in [0.2, 0.25) is 0 Å². The zero-order valence-corrected chi connectivity index (χ0v) is 22.8. The molecule has 2 N–H and O–H groups in total. The maximum Gasteiger partial charge on any atom is 0.255 e. The monoisotopic (exact) mass is 555 g/mol. The van der Waals surface area contributed by atoms with E-state index in [1.165, 1.54) is 0 Å². The van der Waals surface area contributed by atoms with Gasteiger partial charge in [-0.05, 0) is 62.6 Å². The second-order valence-electron chi connectivity index (χ2n) is 8.43. The van der Waals surface area contributed by atoms with Crippen molar-refractivity contribution in [3.63, 3.8) is 0 Å². The van der Waals surface area contributed by atoms with Gasteiger partial charge in [-0.25, -0.2) is 4.68 Å². The Morgan fingerprint density at radius 1 is 1.20 bits per heavy atom. The molecule has 4 rings (SSSR count). The minimum atomic E-state index is -0.510. The van der Waals surface area contributed by atoms with Gasteiger partial charge in [0, 0.05) is 27.2 Å². The van der Waals surface area contributed by atoms with E-state index in [9.17, 15) is 4.79 Å². The Hall–Kier alpha value is -2.78. The molecule has 1 amide bonds. The topological polar surface area (TPSA) is 81.1 Å². The molecule has 0 spiro atoms. The first kappa shape index (κ1) is 25.3. The van der Waals surface area contributed by atoms with E-state index in [0.717, 1.165) is 51.3 Å². The van der Waals surface area contributed by atoms with Crippen molar-refractivity contribution in [3.8, 4) is 5.75 Å². The fraction of sp³-hybridized carbons (Fsp3) is 0.346.